The highest BCUT2D eigenvalue weighted by Crippen LogP contribution is 2.03. The van der Waals surface area contributed by atoms with Gasteiger partial charge in [-0.15, -0.1) is 0 Å². The summed E-state index contributed by atoms with van der Waals surface area (Å²) < 4.78 is 12.7. The van der Waals surface area contributed by atoms with E-state index in [0.717, 1.165) is 5.56 Å². The van der Waals surface area contributed by atoms with Gasteiger partial charge in [0.15, 0.2) is 0 Å². The van der Waals surface area contributed by atoms with Gasteiger partial charge >= 0.3 is 0 Å². The van der Waals surface area contributed by atoms with Gasteiger partial charge in [0.25, 0.3) is 0 Å². The number of carbonyl (C=O) groups is 1. The van der Waals surface area contributed by atoms with Gasteiger partial charge in [-0.3, -0.25) is 4.79 Å². The van der Waals surface area contributed by atoms with Crippen LogP contribution in [0.15, 0.2) is 24.3 Å². The number of nitrogens with two attached hydrogens (primary N) is 1. The maximum Gasteiger partial charge on any atom is 0.231 e. The zero-order chi connectivity index (χ0) is 10.4. The van der Waals surface area contributed by atoms with Crippen molar-refractivity contribution in [3.8, 4) is 0 Å². The minimum atomic E-state index is -0.385. The Morgan fingerprint density at radius 1 is 1.50 bits per heavy atom. The van der Waals surface area contributed by atoms with Crippen LogP contribution >= 0.6 is 0 Å². The molecule has 76 valence electrons. The maximum absolute atomic E-state index is 12.7. The van der Waals surface area contributed by atoms with E-state index in [1.165, 1.54) is 12.1 Å². The molecule has 0 saturated carbocycles. The van der Waals surface area contributed by atoms with Gasteiger partial charge in [-0.05, 0) is 30.7 Å². The molecule has 0 aromatic heterocycles. The zero-order valence-corrected chi connectivity index (χ0v) is 7.79. The summed E-state index contributed by atoms with van der Waals surface area (Å²) in [6.45, 7) is 0.779. The molecular formula is C10H13FN2O. The van der Waals surface area contributed by atoms with Crippen LogP contribution in [-0.4, -0.2) is 19.0 Å². The van der Waals surface area contributed by atoms with Crippen LogP contribution in [0.5, 0.6) is 0 Å². The average molecular weight is 196 g/mol. The number of primary amides is 1. The van der Waals surface area contributed by atoms with E-state index in [1.807, 2.05) is 6.07 Å². The highest BCUT2D eigenvalue weighted by molar-refractivity contribution is 5.75. The standard InChI is InChI=1S/C10H13FN2O/c11-9-3-1-2-8(6-9)4-5-13-7-10(12)14/h1-3,6,13H,4-5,7H2,(H2,12,14). The number of benzene rings is 1. The number of nitrogens with one attached hydrogen (secondary N) is 1. The summed E-state index contributed by atoms with van der Waals surface area (Å²) in [6, 6.07) is 6.39. The van der Waals surface area contributed by atoms with E-state index in [1.54, 1.807) is 6.07 Å². The molecule has 0 bridgehead atoms. The minimum absolute atomic E-state index is 0.162. The molecule has 0 atom stereocenters. The van der Waals surface area contributed by atoms with Crippen LogP contribution in [0.25, 0.3) is 0 Å². The summed E-state index contributed by atoms with van der Waals surface area (Å²) in [5.74, 6) is -0.623. The molecule has 1 aromatic carbocycles. The summed E-state index contributed by atoms with van der Waals surface area (Å²) in [4.78, 5) is 10.4. The molecule has 0 unspecified atom stereocenters. The molecule has 0 saturated heterocycles. The van der Waals surface area contributed by atoms with Gasteiger partial charge < -0.3 is 11.1 Å². The van der Waals surface area contributed by atoms with Crippen molar-refractivity contribution in [1.29, 1.82) is 0 Å². The number of amides is 1. The highest BCUT2D eigenvalue weighted by Gasteiger charge is 1.96. The summed E-state index contributed by atoms with van der Waals surface area (Å²) in [7, 11) is 0. The molecule has 0 aliphatic heterocycles. The van der Waals surface area contributed by atoms with Gasteiger partial charge in [0, 0.05) is 0 Å². The quantitative estimate of drug-likeness (QED) is 0.671. The molecule has 0 spiro atoms. The van der Waals surface area contributed by atoms with Crippen LogP contribution in [0.2, 0.25) is 0 Å². The predicted molar refractivity (Wildman–Crippen MR) is 52.2 cm³/mol. The van der Waals surface area contributed by atoms with E-state index in [0.29, 0.717) is 13.0 Å². The van der Waals surface area contributed by atoms with E-state index in [9.17, 15) is 9.18 Å². The maximum atomic E-state index is 12.7. The van der Waals surface area contributed by atoms with E-state index < -0.39 is 0 Å². The number of rotatable bonds is 5. The molecule has 0 aliphatic carbocycles. The third-order valence-electron chi connectivity index (χ3n) is 1.78. The van der Waals surface area contributed by atoms with Crippen LogP contribution in [0, 0.1) is 5.82 Å². The van der Waals surface area contributed by atoms with Crippen molar-refractivity contribution in [2.75, 3.05) is 13.1 Å². The number of hydrogen-bond donors (Lipinski definition) is 2. The second-order valence-corrected chi connectivity index (χ2v) is 3.02. The smallest absolute Gasteiger partial charge is 0.231 e. The fraction of sp³-hybridized carbons (Fsp3) is 0.300. The number of carbonyl (C=O) groups excluding carboxylic acids is 1. The van der Waals surface area contributed by atoms with Gasteiger partial charge in [-0.1, -0.05) is 12.1 Å². The van der Waals surface area contributed by atoms with Crippen LogP contribution in [0.4, 0.5) is 4.39 Å². The van der Waals surface area contributed by atoms with Gasteiger partial charge in [0.05, 0.1) is 6.54 Å². The molecule has 0 aliphatic rings. The van der Waals surface area contributed by atoms with Crippen LogP contribution in [0.1, 0.15) is 5.56 Å². The van der Waals surface area contributed by atoms with Crippen molar-refractivity contribution < 1.29 is 9.18 Å². The largest absolute Gasteiger partial charge is 0.369 e. The SMILES string of the molecule is NC(=O)CNCCc1cccc(F)c1. The molecule has 0 heterocycles. The molecular weight excluding hydrogens is 183 g/mol. The first-order valence-corrected chi connectivity index (χ1v) is 4.42. The fourth-order valence-electron chi connectivity index (χ4n) is 1.14. The summed E-state index contributed by atoms with van der Waals surface area (Å²) in [6.07, 6.45) is 0.686. The molecule has 4 heteroatoms. The molecule has 14 heavy (non-hydrogen) atoms. The minimum Gasteiger partial charge on any atom is -0.369 e. The van der Waals surface area contributed by atoms with Crippen molar-refractivity contribution in [3.05, 3.63) is 35.6 Å². The third-order valence-corrected chi connectivity index (χ3v) is 1.78. The summed E-state index contributed by atoms with van der Waals surface area (Å²) in [5, 5.41) is 2.86. The Balaban J connectivity index is 2.28. The van der Waals surface area contributed by atoms with Crippen LogP contribution < -0.4 is 11.1 Å². The molecule has 1 amide bonds. The molecule has 1 aromatic rings. The Hall–Kier alpha value is -1.42. The molecule has 3 nitrogen and oxygen atoms in total. The van der Waals surface area contributed by atoms with Crippen molar-refractivity contribution >= 4 is 5.91 Å². The number of hydrogen-bond acceptors (Lipinski definition) is 2. The van der Waals surface area contributed by atoms with Gasteiger partial charge in [0.2, 0.25) is 5.91 Å². The van der Waals surface area contributed by atoms with Crippen molar-refractivity contribution in [2.24, 2.45) is 5.73 Å². The molecule has 1 rings (SSSR count). The lowest BCUT2D eigenvalue weighted by Crippen LogP contribution is -2.29. The first kappa shape index (κ1) is 10.7. The molecule has 0 radical (unpaired) electrons. The first-order valence-electron chi connectivity index (χ1n) is 4.42. The monoisotopic (exact) mass is 196 g/mol. The zero-order valence-electron chi connectivity index (χ0n) is 7.79. The Kier molecular flexibility index (Phi) is 4.07. The second-order valence-electron chi connectivity index (χ2n) is 3.02. The molecule has 0 fully saturated rings. The van der Waals surface area contributed by atoms with E-state index in [4.69, 9.17) is 5.73 Å². The number of halogens is 1. The summed E-state index contributed by atoms with van der Waals surface area (Å²) >= 11 is 0. The second kappa shape index (κ2) is 5.34. The van der Waals surface area contributed by atoms with Crippen LogP contribution in [0.3, 0.4) is 0 Å². The first-order chi connectivity index (χ1) is 6.68. The fourth-order valence-corrected chi connectivity index (χ4v) is 1.14. The van der Waals surface area contributed by atoms with Crippen molar-refractivity contribution in [2.45, 2.75) is 6.42 Å². The normalized spacial score (nSPS) is 10.1. The Bertz CT molecular complexity index is 315. The van der Waals surface area contributed by atoms with Crippen molar-refractivity contribution in [3.63, 3.8) is 0 Å². The topological polar surface area (TPSA) is 55.1 Å². The van der Waals surface area contributed by atoms with E-state index in [-0.39, 0.29) is 18.3 Å². The Labute approximate surface area is 82.1 Å². The summed E-state index contributed by atoms with van der Waals surface area (Å²) in [5.41, 5.74) is 5.84. The van der Waals surface area contributed by atoms with E-state index >= 15 is 0 Å². The Morgan fingerprint density at radius 2 is 2.29 bits per heavy atom. The van der Waals surface area contributed by atoms with Crippen LogP contribution in [-0.2, 0) is 11.2 Å². The third kappa shape index (κ3) is 4.00. The Morgan fingerprint density at radius 3 is 2.93 bits per heavy atom. The lowest BCUT2D eigenvalue weighted by molar-refractivity contribution is -0.117. The average Bonchev–Trinajstić information content (AvgIpc) is 2.12. The lowest BCUT2D eigenvalue weighted by Gasteiger charge is -2.02. The van der Waals surface area contributed by atoms with Gasteiger partial charge in [0.1, 0.15) is 5.82 Å². The molecule has 3 N–H and O–H groups in total. The van der Waals surface area contributed by atoms with Gasteiger partial charge in [-0.25, -0.2) is 4.39 Å². The highest BCUT2D eigenvalue weighted by atomic mass is 19.1. The lowest BCUT2D eigenvalue weighted by atomic mass is 10.1. The van der Waals surface area contributed by atoms with Crippen molar-refractivity contribution in [1.82, 2.24) is 5.32 Å². The predicted octanol–water partition coefficient (Wildman–Crippen LogP) is 0.443. The van der Waals surface area contributed by atoms with E-state index in [2.05, 4.69) is 5.32 Å². The van der Waals surface area contributed by atoms with Gasteiger partial charge in [-0.2, -0.15) is 0 Å².